The van der Waals surface area contributed by atoms with Crippen molar-refractivity contribution in [1.82, 2.24) is 8.61 Å². The molecule has 0 atom stereocenters. The first-order valence-corrected chi connectivity index (χ1v) is 13.9. The predicted molar refractivity (Wildman–Crippen MR) is 124 cm³/mol. The van der Waals surface area contributed by atoms with Crippen LogP contribution in [0, 0.1) is 0 Å². The fourth-order valence-corrected chi connectivity index (χ4v) is 6.89. The van der Waals surface area contributed by atoms with E-state index < -0.39 is 20.0 Å². The number of morpholine rings is 1. The topological polar surface area (TPSA) is 113 Å². The smallest absolute Gasteiger partial charge is 0.255 e. The Morgan fingerprint density at radius 3 is 2.03 bits per heavy atom. The lowest BCUT2D eigenvalue weighted by atomic mass is 10.1. The molecule has 0 aliphatic carbocycles. The van der Waals surface area contributed by atoms with Gasteiger partial charge in [0.1, 0.15) is 0 Å². The molecule has 0 bridgehead atoms. The summed E-state index contributed by atoms with van der Waals surface area (Å²) >= 11 is 0. The zero-order valence-corrected chi connectivity index (χ0v) is 19.8. The fourth-order valence-electron chi connectivity index (χ4n) is 3.87. The van der Waals surface area contributed by atoms with E-state index in [4.69, 9.17) is 4.74 Å². The van der Waals surface area contributed by atoms with Crippen molar-refractivity contribution in [2.24, 2.45) is 0 Å². The van der Waals surface area contributed by atoms with Crippen LogP contribution in [-0.4, -0.2) is 70.7 Å². The first-order chi connectivity index (χ1) is 15.8. The van der Waals surface area contributed by atoms with Crippen LogP contribution in [0.4, 0.5) is 5.69 Å². The highest BCUT2D eigenvalue weighted by atomic mass is 32.2. The minimum absolute atomic E-state index is 0.137. The number of carbonyl (C=O) groups excluding carboxylic acids is 1. The molecule has 2 aromatic rings. The van der Waals surface area contributed by atoms with E-state index >= 15 is 0 Å². The third-order valence-corrected chi connectivity index (χ3v) is 9.51. The third kappa shape index (κ3) is 5.61. The van der Waals surface area contributed by atoms with Crippen LogP contribution in [0.25, 0.3) is 0 Å². The number of ether oxygens (including phenoxy) is 1. The second-order valence-electron chi connectivity index (χ2n) is 8.05. The molecule has 2 fully saturated rings. The summed E-state index contributed by atoms with van der Waals surface area (Å²) in [5.74, 6) is -0.505. The van der Waals surface area contributed by atoms with Crippen LogP contribution < -0.4 is 5.32 Å². The number of benzene rings is 2. The number of hydrogen-bond acceptors (Lipinski definition) is 6. The molecule has 178 valence electrons. The quantitative estimate of drug-likeness (QED) is 0.630. The van der Waals surface area contributed by atoms with Crippen LogP contribution in [0.3, 0.4) is 0 Å². The van der Waals surface area contributed by atoms with Crippen LogP contribution in [0.1, 0.15) is 28.8 Å². The average molecular weight is 494 g/mol. The van der Waals surface area contributed by atoms with Gasteiger partial charge in [-0.25, -0.2) is 16.8 Å². The highest BCUT2D eigenvalue weighted by Crippen LogP contribution is 2.22. The van der Waals surface area contributed by atoms with E-state index in [2.05, 4.69) is 5.32 Å². The van der Waals surface area contributed by atoms with Gasteiger partial charge in [-0.1, -0.05) is 12.1 Å². The van der Waals surface area contributed by atoms with Gasteiger partial charge in [-0.3, -0.25) is 4.79 Å². The van der Waals surface area contributed by atoms with Gasteiger partial charge in [0.15, 0.2) is 0 Å². The second-order valence-corrected chi connectivity index (χ2v) is 12.0. The zero-order chi connectivity index (χ0) is 23.5. The number of amides is 1. The molecule has 0 radical (unpaired) electrons. The van der Waals surface area contributed by atoms with Crippen molar-refractivity contribution >= 4 is 31.6 Å². The van der Waals surface area contributed by atoms with Crippen molar-refractivity contribution in [3.05, 3.63) is 59.7 Å². The van der Waals surface area contributed by atoms with E-state index in [-0.39, 0.29) is 16.6 Å². The van der Waals surface area contributed by atoms with Crippen molar-refractivity contribution in [1.29, 1.82) is 0 Å². The molecule has 4 rings (SSSR count). The average Bonchev–Trinajstić information content (AvgIpc) is 3.36. The lowest BCUT2D eigenvalue weighted by Gasteiger charge is -2.26. The number of hydrogen-bond donors (Lipinski definition) is 1. The predicted octanol–water partition coefficient (Wildman–Crippen LogP) is 1.89. The summed E-state index contributed by atoms with van der Waals surface area (Å²) in [7, 11) is -6.94. The van der Waals surface area contributed by atoms with Crippen LogP contribution in [-0.2, 0) is 30.5 Å². The first-order valence-electron chi connectivity index (χ1n) is 10.8. The molecule has 2 aliphatic rings. The van der Waals surface area contributed by atoms with Gasteiger partial charge in [-0.05, 0) is 54.8 Å². The molecule has 1 amide bonds. The number of nitrogens with one attached hydrogen (secondary N) is 1. The van der Waals surface area contributed by atoms with E-state index in [9.17, 15) is 21.6 Å². The molecule has 11 heteroatoms. The molecule has 2 saturated heterocycles. The molecule has 2 aliphatic heterocycles. The van der Waals surface area contributed by atoms with Gasteiger partial charge in [-0.15, -0.1) is 0 Å². The van der Waals surface area contributed by atoms with E-state index in [0.717, 1.165) is 12.8 Å². The third-order valence-electron chi connectivity index (χ3n) is 5.74. The van der Waals surface area contributed by atoms with Crippen molar-refractivity contribution in [2.45, 2.75) is 23.5 Å². The lowest BCUT2D eigenvalue weighted by Crippen LogP contribution is -2.41. The summed E-state index contributed by atoms with van der Waals surface area (Å²) in [4.78, 5) is 12.8. The molecule has 33 heavy (non-hydrogen) atoms. The summed E-state index contributed by atoms with van der Waals surface area (Å²) in [6.07, 6.45) is 1.73. The molecule has 9 nitrogen and oxygen atoms in total. The van der Waals surface area contributed by atoms with Gasteiger partial charge >= 0.3 is 0 Å². The normalized spacial score (nSPS) is 18.3. The first kappa shape index (κ1) is 23.8. The van der Waals surface area contributed by atoms with Gasteiger partial charge in [0.25, 0.3) is 5.91 Å². The lowest BCUT2D eigenvalue weighted by molar-refractivity contribution is 0.0729. The molecule has 0 unspecified atom stereocenters. The second kappa shape index (κ2) is 9.90. The Kier molecular flexibility index (Phi) is 7.15. The summed E-state index contributed by atoms with van der Waals surface area (Å²) in [5.41, 5.74) is 1.44. The fraction of sp³-hybridized carbons (Fsp3) is 0.409. The van der Waals surface area contributed by atoms with Crippen molar-refractivity contribution in [3.8, 4) is 0 Å². The Bertz CT molecular complexity index is 1180. The van der Waals surface area contributed by atoms with E-state index in [1.54, 1.807) is 36.4 Å². The molecule has 2 aromatic carbocycles. The van der Waals surface area contributed by atoms with Gasteiger partial charge in [-0.2, -0.15) is 8.61 Å². The summed E-state index contributed by atoms with van der Waals surface area (Å²) in [5, 5.41) is 2.74. The van der Waals surface area contributed by atoms with Gasteiger partial charge in [0.05, 0.1) is 23.9 Å². The molecule has 0 saturated carbocycles. The number of carbonyl (C=O) groups is 1. The van der Waals surface area contributed by atoms with E-state index in [1.165, 1.54) is 20.7 Å². The van der Waals surface area contributed by atoms with Crippen molar-refractivity contribution in [2.75, 3.05) is 44.7 Å². The van der Waals surface area contributed by atoms with E-state index in [0.29, 0.717) is 56.2 Å². The highest BCUT2D eigenvalue weighted by molar-refractivity contribution is 7.89. The number of rotatable bonds is 7. The van der Waals surface area contributed by atoms with Crippen LogP contribution in [0.15, 0.2) is 53.4 Å². The van der Waals surface area contributed by atoms with Gasteiger partial charge in [0.2, 0.25) is 20.0 Å². The monoisotopic (exact) mass is 493 g/mol. The maximum atomic E-state index is 12.6. The Morgan fingerprint density at radius 2 is 1.42 bits per heavy atom. The molecular formula is C22H27N3O6S2. The van der Waals surface area contributed by atoms with Crippen molar-refractivity contribution in [3.63, 3.8) is 0 Å². The standard InChI is InChI=1S/C22H27N3O6S2/c26-22(23-20-7-9-21(10-8-20)33(29,30)25-11-1-2-12-25)19-5-3-18(4-6-19)17-32(27,28)24-13-15-31-16-14-24/h3-10H,1-2,11-17H2,(H,23,26). The van der Waals surface area contributed by atoms with Gasteiger partial charge in [0, 0.05) is 37.4 Å². The summed E-state index contributed by atoms with van der Waals surface area (Å²) in [6.45, 7) is 2.55. The molecule has 1 N–H and O–H groups in total. The number of anilines is 1. The minimum atomic E-state index is -3.50. The van der Waals surface area contributed by atoms with E-state index in [1.807, 2.05) is 0 Å². The summed E-state index contributed by atoms with van der Waals surface area (Å²) < 4.78 is 58.4. The summed E-state index contributed by atoms with van der Waals surface area (Å²) in [6, 6.07) is 12.5. The van der Waals surface area contributed by atoms with Crippen molar-refractivity contribution < 1.29 is 26.4 Å². The van der Waals surface area contributed by atoms with Crippen LogP contribution >= 0.6 is 0 Å². The largest absolute Gasteiger partial charge is 0.379 e. The number of sulfonamides is 2. The number of nitrogens with zero attached hydrogens (tertiary/aromatic N) is 2. The molecular weight excluding hydrogens is 466 g/mol. The highest BCUT2D eigenvalue weighted by Gasteiger charge is 2.27. The van der Waals surface area contributed by atoms with Crippen LogP contribution in [0.2, 0.25) is 0 Å². The van der Waals surface area contributed by atoms with Crippen LogP contribution in [0.5, 0.6) is 0 Å². The Balaban J connectivity index is 1.37. The van der Waals surface area contributed by atoms with Gasteiger partial charge < -0.3 is 10.1 Å². The maximum Gasteiger partial charge on any atom is 0.255 e. The molecule has 0 aromatic heterocycles. The minimum Gasteiger partial charge on any atom is -0.379 e. The Labute approximate surface area is 194 Å². The maximum absolute atomic E-state index is 12.6. The SMILES string of the molecule is O=C(Nc1ccc(S(=O)(=O)N2CCCC2)cc1)c1ccc(CS(=O)(=O)N2CCOCC2)cc1. The molecule has 2 heterocycles. The Morgan fingerprint density at radius 1 is 0.818 bits per heavy atom. The Hall–Kier alpha value is -2.31. The molecule has 0 spiro atoms. The zero-order valence-electron chi connectivity index (χ0n) is 18.1.